The number of ether oxygens (including phenoxy) is 1. The lowest BCUT2D eigenvalue weighted by Crippen LogP contribution is -2.32. The number of H-pyrrole nitrogens is 2. The van der Waals surface area contributed by atoms with Crippen LogP contribution < -0.4 is 10.3 Å². The SMILES string of the molecule is CC(C)c1ccc(OCCc2cc([C@H]3CCN(C(=O)c4no[nH]c4=O)C3)n[nH]2)cc1. The quantitative estimate of drug-likeness (QED) is 0.617. The van der Waals surface area contributed by atoms with Gasteiger partial charge in [-0.2, -0.15) is 10.3 Å². The molecule has 1 aliphatic heterocycles. The molecule has 0 aliphatic carbocycles. The molecule has 3 aromatic rings. The maximum absolute atomic E-state index is 12.4. The summed E-state index contributed by atoms with van der Waals surface area (Å²) in [6, 6.07) is 10.2. The van der Waals surface area contributed by atoms with E-state index in [0.717, 1.165) is 23.6 Å². The zero-order chi connectivity index (χ0) is 21.1. The molecule has 1 aliphatic rings. The van der Waals surface area contributed by atoms with E-state index in [-0.39, 0.29) is 11.6 Å². The van der Waals surface area contributed by atoms with Crippen molar-refractivity contribution in [2.24, 2.45) is 0 Å². The molecule has 0 spiro atoms. The number of nitrogens with one attached hydrogen (secondary N) is 2. The van der Waals surface area contributed by atoms with Gasteiger partial charge in [0.25, 0.3) is 5.91 Å². The molecular formula is C21H25N5O4. The average Bonchev–Trinajstić information content (AvgIpc) is 3.48. The highest BCUT2D eigenvalue weighted by atomic mass is 16.6. The molecule has 9 heteroatoms. The number of aromatic nitrogens is 4. The maximum Gasteiger partial charge on any atom is 0.313 e. The molecule has 2 N–H and O–H groups in total. The van der Waals surface area contributed by atoms with Crippen molar-refractivity contribution in [3.8, 4) is 5.75 Å². The number of nitrogens with zero attached hydrogens (tertiary/aromatic N) is 3. The highest BCUT2D eigenvalue weighted by Crippen LogP contribution is 2.27. The normalized spacial score (nSPS) is 16.4. The third-order valence-electron chi connectivity index (χ3n) is 5.42. The van der Waals surface area contributed by atoms with Crippen molar-refractivity contribution in [3.63, 3.8) is 0 Å². The van der Waals surface area contributed by atoms with E-state index in [2.05, 4.69) is 46.0 Å². The number of aromatic amines is 2. The number of rotatable bonds is 7. The van der Waals surface area contributed by atoms with Crippen LogP contribution >= 0.6 is 0 Å². The van der Waals surface area contributed by atoms with Crippen molar-refractivity contribution in [1.82, 2.24) is 25.4 Å². The second-order valence-corrected chi connectivity index (χ2v) is 7.84. The molecule has 2 aromatic heterocycles. The summed E-state index contributed by atoms with van der Waals surface area (Å²) in [5.74, 6) is 1.06. The number of carbonyl (C=O) groups is 1. The standard InChI is InChI=1S/C21H25N5O4/c1-13(2)14-3-5-17(6-4-14)29-10-8-16-11-18(23-22-16)15-7-9-26(12-15)21(28)19-20(27)25-30-24-19/h3-6,11,13,15H,7-10,12H2,1-2H3,(H,22,23)(H,25,27)/t15-/m0/s1. The van der Waals surface area contributed by atoms with E-state index in [1.54, 1.807) is 4.90 Å². The Morgan fingerprint density at radius 1 is 1.33 bits per heavy atom. The molecular weight excluding hydrogens is 386 g/mol. The fraction of sp³-hybridized carbons (Fsp3) is 0.429. The first-order valence-corrected chi connectivity index (χ1v) is 10.1. The summed E-state index contributed by atoms with van der Waals surface area (Å²) in [6.45, 7) is 5.92. The molecule has 158 valence electrons. The van der Waals surface area contributed by atoms with Crippen LogP contribution in [0.2, 0.25) is 0 Å². The van der Waals surface area contributed by atoms with E-state index in [9.17, 15) is 9.59 Å². The monoisotopic (exact) mass is 411 g/mol. The molecule has 30 heavy (non-hydrogen) atoms. The summed E-state index contributed by atoms with van der Waals surface area (Å²) in [7, 11) is 0. The number of amides is 1. The Morgan fingerprint density at radius 3 is 2.83 bits per heavy atom. The van der Waals surface area contributed by atoms with Crippen LogP contribution in [0.3, 0.4) is 0 Å². The van der Waals surface area contributed by atoms with Crippen LogP contribution in [0.1, 0.15) is 59.5 Å². The van der Waals surface area contributed by atoms with Gasteiger partial charge in [-0.25, -0.2) is 0 Å². The summed E-state index contributed by atoms with van der Waals surface area (Å²) in [4.78, 5) is 25.5. The Balaban J connectivity index is 1.28. The van der Waals surface area contributed by atoms with Gasteiger partial charge in [0, 0.05) is 31.1 Å². The predicted molar refractivity (Wildman–Crippen MR) is 109 cm³/mol. The van der Waals surface area contributed by atoms with Crippen LogP contribution in [0.15, 0.2) is 39.8 Å². The minimum absolute atomic E-state index is 0.120. The number of hydrogen-bond acceptors (Lipinski definition) is 6. The van der Waals surface area contributed by atoms with Crippen LogP contribution in [0, 0.1) is 0 Å². The van der Waals surface area contributed by atoms with Gasteiger partial charge in [-0.3, -0.25) is 19.3 Å². The summed E-state index contributed by atoms with van der Waals surface area (Å²) < 4.78 is 10.3. The molecule has 0 saturated carbocycles. The Hall–Kier alpha value is -3.36. The topological polar surface area (TPSA) is 117 Å². The van der Waals surface area contributed by atoms with Crippen molar-refractivity contribution in [2.45, 2.75) is 38.5 Å². The van der Waals surface area contributed by atoms with E-state index in [1.807, 2.05) is 23.4 Å². The highest BCUT2D eigenvalue weighted by Gasteiger charge is 2.32. The van der Waals surface area contributed by atoms with Gasteiger partial charge in [-0.1, -0.05) is 26.0 Å². The van der Waals surface area contributed by atoms with Crippen LogP contribution in [0.5, 0.6) is 5.75 Å². The third kappa shape index (κ3) is 4.29. The van der Waals surface area contributed by atoms with E-state index >= 15 is 0 Å². The van der Waals surface area contributed by atoms with Gasteiger partial charge < -0.3 is 9.64 Å². The fourth-order valence-electron chi connectivity index (χ4n) is 3.62. The van der Waals surface area contributed by atoms with Crippen LogP contribution in [-0.4, -0.2) is 51.0 Å². The van der Waals surface area contributed by atoms with Crippen molar-refractivity contribution < 1.29 is 14.2 Å². The summed E-state index contributed by atoms with van der Waals surface area (Å²) in [6.07, 6.45) is 1.49. The van der Waals surface area contributed by atoms with Crippen molar-refractivity contribution in [2.75, 3.05) is 19.7 Å². The molecule has 1 aromatic carbocycles. The molecule has 1 atom stereocenters. The first-order valence-electron chi connectivity index (χ1n) is 10.1. The number of hydrogen-bond donors (Lipinski definition) is 2. The van der Waals surface area contributed by atoms with Crippen LogP contribution in [-0.2, 0) is 6.42 Å². The predicted octanol–water partition coefficient (Wildman–Crippen LogP) is 2.46. The minimum atomic E-state index is -0.607. The maximum atomic E-state index is 12.4. The Labute approximate surface area is 173 Å². The van der Waals surface area contributed by atoms with Gasteiger partial charge in [-0.05, 0) is 41.3 Å². The van der Waals surface area contributed by atoms with Crippen molar-refractivity contribution in [3.05, 3.63) is 63.3 Å². The molecule has 1 saturated heterocycles. The second kappa shape index (κ2) is 8.56. The molecule has 1 amide bonds. The van der Waals surface area contributed by atoms with Gasteiger partial charge in [0.1, 0.15) is 5.75 Å². The average molecular weight is 411 g/mol. The van der Waals surface area contributed by atoms with E-state index in [0.29, 0.717) is 32.0 Å². The number of likely N-dealkylation sites (tertiary alicyclic amines) is 1. The summed E-state index contributed by atoms with van der Waals surface area (Å²) in [5, 5.41) is 13.0. The van der Waals surface area contributed by atoms with Crippen LogP contribution in [0.25, 0.3) is 0 Å². The van der Waals surface area contributed by atoms with Crippen molar-refractivity contribution in [1.29, 1.82) is 0 Å². The number of carbonyl (C=O) groups excluding carboxylic acids is 1. The molecule has 0 bridgehead atoms. The Bertz CT molecular complexity index is 1050. The second-order valence-electron chi connectivity index (χ2n) is 7.84. The lowest BCUT2D eigenvalue weighted by molar-refractivity contribution is 0.0778. The zero-order valence-electron chi connectivity index (χ0n) is 17.1. The van der Waals surface area contributed by atoms with Gasteiger partial charge in [0.05, 0.1) is 12.3 Å². The third-order valence-corrected chi connectivity index (χ3v) is 5.42. The van der Waals surface area contributed by atoms with Crippen molar-refractivity contribution >= 4 is 5.91 Å². The lowest BCUT2D eigenvalue weighted by atomic mass is 10.0. The molecule has 3 heterocycles. The Morgan fingerprint density at radius 2 is 2.13 bits per heavy atom. The van der Waals surface area contributed by atoms with E-state index in [4.69, 9.17) is 4.74 Å². The van der Waals surface area contributed by atoms with Gasteiger partial charge in [-0.15, -0.1) is 0 Å². The molecule has 9 nitrogen and oxygen atoms in total. The first-order chi connectivity index (χ1) is 14.5. The van der Waals surface area contributed by atoms with E-state index in [1.165, 1.54) is 5.56 Å². The Kier molecular flexibility index (Phi) is 5.69. The minimum Gasteiger partial charge on any atom is -0.493 e. The van der Waals surface area contributed by atoms with E-state index < -0.39 is 11.5 Å². The smallest absolute Gasteiger partial charge is 0.313 e. The highest BCUT2D eigenvalue weighted by molar-refractivity contribution is 5.91. The number of benzene rings is 1. The molecule has 0 radical (unpaired) electrons. The lowest BCUT2D eigenvalue weighted by Gasteiger charge is -2.13. The van der Waals surface area contributed by atoms with Gasteiger partial charge in [0.15, 0.2) is 0 Å². The fourth-order valence-corrected chi connectivity index (χ4v) is 3.62. The largest absolute Gasteiger partial charge is 0.493 e. The molecule has 0 unspecified atom stereocenters. The summed E-state index contributed by atoms with van der Waals surface area (Å²) in [5.41, 5.74) is 2.37. The van der Waals surface area contributed by atoms with Crippen LogP contribution in [0.4, 0.5) is 0 Å². The zero-order valence-corrected chi connectivity index (χ0v) is 17.1. The summed E-state index contributed by atoms with van der Waals surface area (Å²) >= 11 is 0. The van der Waals surface area contributed by atoms with Gasteiger partial charge >= 0.3 is 5.56 Å². The first kappa shape index (κ1) is 19.9. The van der Waals surface area contributed by atoms with Gasteiger partial charge in [0.2, 0.25) is 5.69 Å². The molecule has 4 rings (SSSR count). The molecule has 1 fully saturated rings.